The zero-order chi connectivity index (χ0) is 15.4. The maximum Gasteiger partial charge on any atom is 0.142 e. The van der Waals surface area contributed by atoms with Crippen molar-refractivity contribution >= 4 is 5.69 Å². The molecule has 1 aromatic carbocycles. The summed E-state index contributed by atoms with van der Waals surface area (Å²) in [6.45, 7) is 6.03. The summed E-state index contributed by atoms with van der Waals surface area (Å²) in [6.07, 6.45) is 4.89. The van der Waals surface area contributed by atoms with Gasteiger partial charge < -0.3 is 15.4 Å². The van der Waals surface area contributed by atoms with Gasteiger partial charge in [-0.1, -0.05) is 6.07 Å². The minimum atomic E-state index is 0.235. The summed E-state index contributed by atoms with van der Waals surface area (Å²) in [7, 11) is 0. The first-order valence-electron chi connectivity index (χ1n) is 7.86. The van der Waals surface area contributed by atoms with E-state index in [2.05, 4.69) is 47.7 Å². The Bertz CT molecular complexity index is 615. The van der Waals surface area contributed by atoms with Crippen LogP contribution in [0.1, 0.15) is 25.0 Å². The zero-order valence-corrected chi connectivity index (χ0v) is 13.2. The molecule has 4 heteroatoms. The van der Waals surface area contributed by atoms with Crippen LogP contribution < -0.4 is 15.4 Å². The number of nitrogens with one attached hydrogen (secondary N) is 2. The lowest BCUT2D eigenvalue weighted by Gasteiger charge is -2.25. The number of pyridine rings is 1. The summed E-state index contributed by atoms with van der Waals surface area (Å²) in [5.41, 5.74) is 3.69. The second-order valence-corrected chi connectivity index (χ2v) is 5.98. The van der Waals surface area contributed by atoms with Crippen LogP contribution in [0.5, 0.6) is 5.75 Å². The first-order chi connectivity index (χ1) is 10.7. The van der Waals surface area contributed by atoms with Crippen LogP contribution in [0.2, 0.25) is 0 Å². The summed E-state index contributed by atoms with van der Waals surface area (Å²) < 4.78 is 5.81. The predicted octanol–water partition coefficient (Wildman–Crippen LogP) is 3.00. The van der Waals surface area contributed by atoms with E-state index in [1.807, 2.05) is 24.5 Å². The van der Waals surface area contributed by atoms with Crippen molar-refractivity contribution in [2.75, 3.05) is 11.9 Å². The van der Waals surface area contributed by atoms with Crippen molar-refractivity contribution in [2.24, 2.45) is 0 Å². The maximum absolute atomic E-state index is 5.81. The molecule has 22 heavy (non-hydrogen) atoms. The fourth-order valence-electron chi connectivity index (χ4n) is 2.68. The topological polar surface area (TPSA) is 46.2 Å². The van der Waals surface area contributed by atoms with Gasteiger partial charge in [0.1, 0.15) is 11.9 Å². The molecule has 1 aliphatic heterocycles. The Labute approximate surface area is 131 Å². The van der Waals surface area contributed by atoms with E-state index in [4.69, 9.17) is 4.74 Å². The Balaban J connectivity index is 1.56. The third-order valence-electron chi connectivity index (χ3n) is 3.90. The Morgan fingerprint density at radius 3 is 2.91 bits per heavy atom. The molecular formula is C18H23N3O. The van der Waals surface area contributed by atoms with Gasteiger partial charge in [0, 0.05) is 25.0 Å². The molecule has 4 nitrogen and oxygen atoms in total. The minimum Gasteiger partial charge on any atom is -0.487 e. The lowest BCUT2D eigenvalue weighted by Crippen LogP contribution is -2.29. The average molecular weight is 297 g/mol. The molecule has 0 amide bonds. The van der Waals surface area contributed by atoms with Crippen LogP contribution in [0, 0.1) is 0 Å². The van der Waals surface area contributed by atoms with Crippen LogP contribution in [-0.4, -0.2) is 23.7 Å². The van der Waals surface area contributed by atoms with Crippen molar-refractivity contribution in [1.29, 1.82) is 0 Å². The lowest BCUT2D eigenvalue weighted by atomic mass is 10.0. The molecule has 3 rings (SSSR count). The molecule has 0 saturated carbocycles. The summed E-state index contributed by atoms with van der Waals surface area (Å²) >= 11 is 0. The van der Waals surface area contributed by atoms with Crippen LogP contribution in [0.15, 0.2) is 42.7 Å². The largest absolute Gasteiger partial charge is 0.487 e. The highest BCUT2D eigenvalue weighted by Crippen LogP contribution is 2.30. The van der Waals surface area contributed by atoms with Gasteiger partial charge in [0.2, 0.25) is 0 Å². The molecule has 1 aromatic heterocycles. The normalized spacial score (nSPS) is 18.0. The molecular weight excluding hydrogens is 274 g/mol. The molecule has 2 N–H and O–H groups in total. The van der Waals surface area contributed by atoms with Gasteiger partial charge in [0.05, 0.1) is 12.2 Å². The Kier molecular flexibility index (Phi) is 4.59. The van der Waals surface area contributed by atoms with Crippen LogP contribution >= 0.6 is 0 Å². The smallest absolute Gasteiger partial charge is 0.142 e. The van der Waals surface area contributed by atoms with Crippen molar-refractivity contribution in [1.82, 2.24) is 10.3 Å². The van der Waals surface area contributed by atoms with Crippen molar-refractivity contribution in [2.45, 2.75) is 39.0 Å². The van der Waals surface area contributed by atoms with Crippen LogP contribution in [-0.2, 0) is 13.0 Å². The summed E-state index contributed by atoms with van der Waals surface area (Å²) in [4.78, 5) is 4.04. The van der Waals surface area contributed by atoms with Crippen LogP contribution in [0.4, 0.5) is 5.69 Å². The number of benzene rings is 1. The van der Waals surface area contributed by atoms with Crippen LogP contribution in [0.3, 0.4) is 0 Å². The maximum atomic E-state index is 5.81. The molecule has 1 aliphatic rings. The SMILES string of the molecule is CC(Cc1ccc2c(c1)NCC(C)O2)NCc1ccncc1. The summed E-state index contributed by atoms with van der Waals surface area (Å²) in [5.74, 6) is 0.958. The Morgan fingerprint density at radius 1 is 1.27 bits per heavy atom. The van der Waals surface area contributed by atoms with Gasteiger partial charge in [-0.05, 0) is 55.7 Å². The van der Waals surface area contributed by atoms with E-state index in [0.29, 0.717) is 6.04 Å². The standard InChI is InChI=1S/C18H23N3O/c1-13(20-12-15-5-7-19-8-6-15)9-16-3-4-18-17(10-16)21-11-14(2)22-18/h3-8,10,13-14,20-21H,9,11-12H2,1-2H3. The first kappa shape index (κ1) is 14.9. The van der Waals surface area contributed by atoms with Crippen molar-refractivity contribution in [3.8, 4) is 5.75 Å². The number of ether oxygens (including phenoxy) is 1. The number of anilines is 1. The van der Waals surface area contributed by atoms with E-state index in [1.54, 1.807) is 0 Å². The van der Waals surface area contributed by atoms with Crippen molar-refractivity contribution in [3.63, 3.8) is 0 Å². The third kappa shape index (κ3) is 3.77. The molecule has 0 saturated heterocycles. The van der Waals surface area contributed by atoms with E-state index < -0.39 is 0 Å². The van der Waals surface area contributed by atoms with Gasteiger partial charge in [0.15, 0.2) is 0 Å². The van der Waals surface area contributed by atoms with Crippen molar-refractivity contribution < 1.29 is 4.74 Å². The monoisotopic (exact) mass is 297 g/mol. The highest BCUT2D eigenvalue weighted by atomic mass is 16.5. The minimum absolute atomic E-state index is 0.235. The van der Waals surface area contributed by atoms with E-state index in [0.717, 1.165) is 30.9 Å². The average Bonchev–Trinajstić information content (AvgIpc) is 2.54. The van der Waals surface area contributed by atoms with E-state index in [9.17, 15) is 0 Å². The Hall–Kier alpha value is -2.07. The fourth-order valence-corrected chi connectivity index (χ4v) is 2.68. The molecule has 0 radical (unpaired) electrons. The van der Waals surface area contributed by atoms with Gasteiger partial charge >= 0.3 is 0 Å². The number of hydrogen-bond acceptors (Lipinski definition) is 4. The molecule has 2 atom stereocenters. The van der Waals surface area contributed by atoms with Gasteiger partial charge in [0.25, 0.3) is 0 Å². The van der Waals surface area contributed by atoms with E-state index in [-0.39, 0.29) is 6.10 Å². The van der Waals surface area contributed by atoms with Crippen molar-refractivity contribution in [3.05, 3.63) is 53.9 Å². The molecule has 116 valence electrons. The van der Waals surface area contributed by atoms with Gasteiger partial charge in [-0.15, -0.1) is 0 Å². The number of hydrogen-bond donors (Lipinski definition) is 2. The molecule has 2 heterocycles. The molecule has 2 unspecified atom stereocenters. The molecule has 2 aromatic rings. The van der Waals surface area contributed by atoms with Gasteiger partial charge in [-0.2, -0.15) is 0 Å². The van der Waals surface area contributed by atoms with Gasteiger partial charge in [-0.3, -0.25) is 4.98 Å². The lowest BCUT2D eigenvalue weighted by molar-refractivity contribution is 0.226. The van der Waals surface area contributed by atoms with Crippen LogP contribution in [0.25, 0.3) is 0 Å². The first-order valence-corrected chi connectivity index (χ1v) is 7.86. The number of fused-ring (bicyclic) bond motifs is 1. The highest BCUT2D eigenvalue weighted by Gasteiger charge is 2.15. The van der Waals surface area contributed by atoms with Gasteiger partial charge in [-0.25, -0.2) is 0 Å². The second kappa shape index (κ2) is 6.79. The Morgan fingerprint density at radius 2 is 2.09 bits per heavy atom. The predicted molar refractivity (Wildman–Crippen MR) is 89.3 cm³/mol. The highest BCUT2D eigenvalue weighted by molar-refractivity contribution is 5.59. The number of nitrogens with zero attached hydrogens (tertiary/aromatic N) is 1. The summed E-state index contributed by atoms with van der Waals surface area (Å²) in [5, 5.41) is 6.99. The molecule has 0 spiro atoms. The second-order valence-electron chi connectivity index (χ2n) is 5.98. The number of aromatic nitrogens is 1. The molecule has 0 aliphatic carbocycles. The third-order valence-corrected chi connectivity index (χ3v) is 3.90. The molecule has 0 fully saturated rings. The number of rotatable bonds is 5. The summed E-state index contributed by atoms with van der Waals surface area (Å²) in [6, 6.07) is 10.9. The fraction of sp³-hybridized carbons (Fsp3) is 0.389. The molecule has 0 bridgehead atoms. The van der Waals surface area contributed by atoms with E-state index in [1.165, 1.54) is 11.1 Å². The van der Waals surface area contributed by atoms with E-state index >= 15 is 0 Å². The zero-order valence-electron chi connectivity index (χ0n) is 13.2. The quantitative estimate of drug-likeness (QED) is 0.890.